The maximum Gasteiger partial charge on any atom is 0.262 e. The van der Waals surface area contributed by atoms with Gasteiger partial charge in [-0.3, -0.25) is 4.79 Å². The molecule has 0 spiro atoms. The van der Waals surface area contributed by atoms with Crippen LogP contribution in [-0.4, -0.2) is 29.6 Å². The maximum absolute atomic E-state index is 12.3. The first-order valence-corrected chi connectivity index (χ1v) is 10.6. The van der Waals surface area contributed by atoms with Crippen molar-refractivity contribution in [2.24, 2.45) is 0 Å². The molecule has 0 saturated heterocycles. The highest BCUT2D eigenvalue weighted by molar-refractivity contribution is 7.99. The van der Waals surface area contributed by atoms with Gasteiger partial charge in [-0.2, -0.15) is 0 Å². The van der Waals surface area contributed by atoms with Crippen LogP contribution in [0.3, 0.4) is 0 Å². The highest BCUT2D eigenvalue weighted by Gasteiger charge is 2.09. The van der Waals surface area contributed by atoms with Gasteiger partial charge in [-0.05, 0) is 80.1 Å². The number of ether oxygens (including phenoxy) is 2. The molecule has 3 rings (SSSR count). The predicted octanol–water partition coefficient (Wildman–Crippen LogP) is 5.00. The van der Waals surface area contributed by atoms with Gasteiger partial charge in [0.2, 0.25) is 0 Å². The Labute approximate surface area is 186 Å². The van der Waals surface area contributed by atoms with E-state index < -0.39 is 0 Å². The third-order valence-corrected chi connectivity index (χ3v) is 5.15. The lowest BCUT2D eigenvalue weighted by Gasteiger charge is -2.12. The Morgan fingerprint density at radius 2 is 1.77 bits per heavy atom. The molecule has 0 unspecified atom stereocenters. The molecule has 0 radical (unpaired) electrons. The molecule has 6 nitrogen and oxygen atoms in total. The average Bonchev–Trinajstić information content (AvgIpc) is 2.73. The number of anilines is 1. The molecule has 1 aromatic heterocycles. The van der Waals surface area contributed by atoms with Crippen molar-refractivity contribution in [3.63, 3.8) is 0 Å². The summed E-state index contributed by atoms with van der Waals surface area (Å²) in [6.07, 6.45) is 2.56. The SMILES string of the molecule is C=CCc1ccc(OCC(=O)Nc2ccc(Sc3nc(C)cc(C)n3)cc2)c(OC)c1. The van der Waals surface area contributed by atoms with Gasteiger partial charge in [0.25, 0.3) is 5.91 Å². The van der Waals surface area contributed by atoms with Crippen molar-refractivity contribution in [1.29, 1.82) is 0 Å². The first-order chi connectivity index (χ1) is 15.0. The summed E-state index contributed by atoms with van der Waals surface area (Å²) in [6.45, 7) is 7.51. The number of nitrogens with one attached hydrogen (secondary N) is 1. The molecule has 0 aliphatic carbocycles. The van der Waals surface area contributed by atoms with Gasteiger partial charge in [-0.1, -0.05) is 12.1 Å². The van der Waals surface area contributed by atoms with Crippen LogP contribution in [-0.2, 0) is 11.2 Å². The number of nitrogens with zero attached hydrogens (tertiary/aromatic N) is 2. The Bertz CT molecular complexity index is 1050. The van der Waals surface area contributed by atoms with Crippen LogP contribution in [0.15, 0.2) is 71.2 Å². The molecular formula is C24H25N3O3S. The van der Waals surface area contributed by atoms with Crippen LogP contribution < -0.4 is 14.8 Å². The number of carbonyl (C=O) groups excluding carboxylic acids is 1. The van der Waals surface area contributed by atoms with E-state index in [1.165, 1.54) is 11.8 Å². The number of allylic oxidation sites excluding steroid dienone is 1. The molecule has 0 aliphatic rings. The zero-order valence-corrected chi connectivity index (χ0v) is 18.7. The molecule has 160 valence electrons. The van der Waals surface area contributed by atoms with Crippen molar-refractivity contribution in [3.05, 3.63) is 78.1 Å². The summed E-state index contributed by atoms with van der Waals surface area (Å²) >= 11 is 1.48. The van der Waals surface area contributed by atoms with E-state index >= 15 is 0 Å². The lowest BCUT2D eigenvalue weighted by atomic mass is 10.1. The molecule has 0 atom stereocenters. The number of rotatable bonds is 9. The number of amides is 1. The van der Waals surface area contributed by atoms with E-state index in [2.05, 4.69) is 21.9 Å². The normalized spacial score (nSPS) is 10.4. The van der Waals surface area contributed by atoms with Crippen LogP contribution in [0.25, 0.3) is 0 Å². The Kier molecular flexibility index (Phi) is 7.67. The van der Waals surface area contributed by atoms with Crippen molar-refractivity contribution in [1.82, 2.24) is 9.97 Å². The maximum atomic E-state index is 12.3. The minimum Gasteiger partial charge on any atom is -0.493 e. The van der Waals surface area contributed by atoms with Crippen LogP contribution in [0.2, 0.25) is 0 Å². The lowest BCUT2D eigenvalue weighted by molar-refractivity contribution is -0.118. The summed E-state index contributed by atoms with van der Waals surface area (Å²) in [7, 11) is 1.57. The van der Waals surface area contributed by atoms with Crippen molar-refractivity contribution in [2.45, 2.75) is 30.3 Å². The van der Waals surface area contributed by atoms with Gasteiger partial charge in [0.1, 0.15) is 0 Å². The summed E-state index contributed by atoms with van der Waals surface area (Å²) in [5.74, 6) is 0.850. The fraction of sp³-hybridized carbons (Fsp3) is 0.208. The second-order valence-corrected chi connectivity index (χ2v) is 7.92. The van der Waals surface area contributed by atoms with Crippen LogP contribution >= 0.6 is 11.8 Å². The molecule has 0 fully saturated rings. The first kappa shape index (κ1) is 22.4. The molecule has 7 heteroatoms. The number of aryl methyl sites for hydroxylation is 2. The van der Waals surface area contributed by atoms with Crippen molar-refractivity contribution >= 4 is 23.4 Å². The van der Waals surface area contributed by atoms with E-state index in [4.69, 9.17) is 9.47 Å². The third kappa shape index (κ3) is 6.58. The van der Waals surface area contributed by atoms with Crippen LogP contribution in [0.5, 0.6) is 11.5 Å². The van der Waals surface area contributed by atoms with Gasteiger partial charge < -0.3 is 14.8 Å². The topological polar surface area (TPSA) is 73.3 Å². The van der Waals surface area contributed by atoms with Gasteiger partial charge in [-0.15, -0.1) is 6.58 Å². The van der Waals surface area contributed by atoms with Crippen molar-refractivity contribution in [2.75, 3.05) is 19.0 Å². The standard InChI is InChI=1S/C24H25N3O3S/c1-5-6-18-7-12-21(22(14-18)29-4)30-15-23(28)27-19-8-10-20(11-9-19)31-24-25-16(2)13-17(3)26-24/h5,7-14H,1,6,15H2,2-4H3,(H,27,28). The predicted molar refractivity (Wildman–Crippen MR) is 123 cm³/mol. The fourth-order valence-electron chi connectivity index (χ4n) is 2.92. The van der Waals surface area contributed by atoms with Gasteiger partial charge >= 0.3 is 0 Å². The fourth-order valence-corrected chi connectivity index (χ4v) is 3.78. The van der Waals surface area contributed by atoms with Gasteiger partial charge in [0, 0.05) is 22.0 Å². The number of benzene rings is 2. The molecule has 1 heterocycles. The van der Waals surface area contributed by atoms with Crippen LogP contribution in [0, 0.1) is 13.8 Å². The quantitative estimate of drug-likeness (QED) is 0.377. The summed E-state index contributed by atoms with van der Waals surface area (Å²) in [4.78, 5) is 22.1. The molecule has 1 N–H and O–H groups in total. The molecule has 31 heavy (non-hydrogen) atoms. The summed E-state index contributed by atoms with van der Waals surface area (Å²) < 4.78 is 11.0. The second kappa shape index (κ2) is 10.6. The van der Waals surface area contributed by atoms with E-state index in [1.807, 2.05) is 62.4 Å². The minimum absolute atomic E-state index is 0.121. The van der Waals surface area contributed by atoms with Gasteiger partial charge in [-0.25, -0.2) is 9.97 Å². The molecule has 0 bridgehead atoms. The minimum atomic E-state index is -0.254. The summed E-state index contributed by atoms with van der Waals surface area (Å²) in [5, 5.41) is 3.54. The zero-order chi connectivity index (χ0) is 22.2. The Hall–Kier alpha value is -3.32. The molecule has 2 aromatic carbocycles. The van der Waals surface area contributed by atoms with E-state index in [-0.39, 0.29) is 12.5 Å². The molecule has 1 amide bonds. The van der Waals surface area contributed by atoms with E-state index in [0.717, 1.165) is 28.3 Å². The van der Waals surface area contributed by atoms with E-state index in [1.54, 1.807) is 13.2 Å². The van der Waals surface area contributed by atoms with Crippen molar-refractivity contribution in [3.8, 4) is 11.5 Å². The van der Waals surface area contributed by atoms with E-state index in [0.29, 0.717) is 22.3 Å². The molecule has 0 saturated carbocycles. The number of aromatic nitrogens is 2. The third-order valence-electron chi connectivity index (χ3n) is 4.28. The first-order valence-electron chi connectivity index (χ1n) is 9.77. The summed E-state index contributed by atoms with van der Waals surface area (Å²) in [6, 6.07) is 15.1. The monoisotopic (exact) mass is 435 g/mol. The Morgan fingerprint density at radius 1 is 1.06 bits per heavy atom. The number of methoxy groups -OCH3 is 1. The number of carbonyl (C=O) groups is 1. The Morgan fingerprint density at radius 3 is 2.42 bits per heavy atom. The number of hydrogen-bond acceptors (Lipinski definition) is 6. The van der Waals surface area contributed by atoms with Crippen LogP contribution in [0.4, 0.5) is 5.69 Å². The largest absolute Gasteiger partial charge is 0.493 e. The summed E-state index contributed by atoms with van der Waals surface area (Å²) in [5.41, 5.74) is 3.62. The van der Waals surface area contributed by atoms with Crippen LogP contribution in [0.1, 0.15) is 17.0 Å². The number of hydrogen-bond donors (Lipinski definition) is 1. The highest BCUT2D eigenvalue weighted by Crippen LogP contribution is 2.29. The van der Waals surface area contributed by atoms with Gasteiger partial charge in [0.15, 0.2) is 23.3 Å². The van der Waals surface area contributed by atoms with Gasteiger partial charge in [0.05, 0.1) is 7.11 Å². The average molecular weight is 436 g/mol. The molecular weight excluding hydrogens is 410 g/mol. The smallest absolute Gasteiger partial charge is 0.262 e. The molecule has 3 aromatic rings. The van der Waals surface area contributed by atoms with Crippen molar-refractivity contribution < 1.29 is 14.3 Å². The highest BCUT2D eigenvalue weighted by atomic mass is 32.2. The second-order valence-electron chi connectivity index (χ2n) is 6.87. The van der Waals surface area contributed by atoms with E-state index in [9.17, 15) is 4.79 Å². The zero-order valence-electron chi connectivity index (χ0n) is 17.8. The lowest BCUT2D eigenvalue weighted by Crippen LogP contribution is -2.20. The molecule has 0 aliphatic heterocycles. The Balaban J connectivity index is 1.55.